The molecular weight excluding hydrogens is 329 g/mol. The second-order valence-electron chi connectivity index (χ2n) is 5.50. The maximum Gasteiger partial charge on any atom is 0.137 e. The van der Waals surface area contributed by atoms with Crippen LogP contribution in [0.25, 0.3) is 0 Å². The molecule has 0 amide bonds. The van der Waals surface area contributed by atoms with Crippen molar-refractivity contribution in [3.63, 3.8) is 0 Å². The van der Waals surface area contributed by atoms with Crippen molar-refractivity contribution < 1.29 is 19.4 Å². The Hall–Kier alpha value is -0.530. The minimum absolute atomic E-state index is 0.0858. The van der Waals surface area contributed by atoms with Crippen LogP contribution in [0, 0.1) is 5.82 Å². The van der Waals surface area contributed by atoms with Gasteiger partial charge in [0.15, 0.2) is 0 Å². The van der Waals surface area contributed by atoms with E-state index in [-0.39, 0.29) is 19.7 Å². The van der Waals surface area contributed by atoms with Crippen molar-refractivity contribution in [2.75, 3.05) is 19.7 Å². The fraction of sp³-hybridized carbons (Fsp3) is 0.571. The van der Waals surface area contributed by atoms with Crippen molar-refractivity contribution in [2.45, 2.75) is 32.5 Å². The zero-order chi connectivity index (χ0) is 15.3. The van der Waals surface area contributed by atoms with Crippen molar-refractivity contribution >= 4 is 15.9 Å². The number of aliphatic hydroxyl groups is 2. The smallest absolute Gasteiger partial charge is 0.137 e. The second-order valence-corrected chi connectivity index (χ2v) is 6.36. The average molecular weight is 350 g/mol. The Balaban J connectivity index is 2.74. The highest BCUT2D eigenvalue weighted by Crippen LogP contribution is 2.22. The Labute approximate surface area is 127 Å². The third kappa shape index (κ3) is 5.85. The van der Waals surface area contributed by atoms with Gasteiger partial charge in [-0.05, 0) is 54.4 Å². The third-order valence-corrected chi connectivity index (χ3v) is 3.10. The lowest BCUT2D eigenvalue weighted by Gasteiger charge is -2.31. The van der Waals surface area contributed by atoms with Crippen LogP contribution in [0.15, 0.2) is 22.7 Å². The van der Waals surface area contributed by atoms with E-state index in [1.54, 1.807) is 12.1 Å². The highest BCUT2D eigenvalue weighted by molar-refractivity contribution is 9.10. The summed E-state index contributed by atoms with van der Waals surface area (Å²) in [4.78, 5) is 5.63. The molecule has 4 nitrogen and oxygen atoms in total. The fourth-order valence-corrected chi connectivity index (χ4v) is 1.94. The van der Waals surface area contributed by atoms with Gasteiger partial charge < -0.3 is 10.2 Å². The molecule has 0 saturated heterocycles. The number of aliphatic hydroxyl groups excluding tert-OH is 2. The molecule has 0 fully saturated rings. The third-order valence-electron chi connectivity index (χ3n) is 2.46. The second kappa shape index (κ2) is 7.47. The number of hydroxylamine groups is 2. The normalized spacial score (nSPS) is 13.8. The first kappa shape index (κ1) is 17.5. The van der Waals surface area contributed by atoms with E-state index in [4.69, 9.17) is 9.94 Å². The number of halogens is 2. The molecule has 0 aliphatic carbocycles. The summed E-state index contributed by atoms with van der Waals surface area (Å²) in [5.74, 6) is -0.424. The summed E-state index contributed by atoms with van der Waals surface area (Å²) in [7, 11) is 0. The lowest BCUT2D eigenvalue weighted by atomic mass is 10.1. The molecule has 1 aromatic rings. The molecule has 0 saturated carbocycles. The largest absolute Gasteiger partial charge is 0.395 e. The molecule has 6 heteroatoms. The zero-order valence-corrected chi connectivity index (χ0v) is 13.5. The highest BCUT2D eigenvalue weighted by Gasteiger charge is 2.20. The first-order valence-electron chi connectivity index (χ1n) is 6.41. The molecule has 0 spiro atoms. The minimum Gasteiger partial charge on any atom is -0.395 e. The van der Waals surface area contributed by atoms with Crippen LogP contribution in [0.3, 0.4) is 0 Å². The number of rotatable bonds is 6. The summed E-state index contributed by atoms with van der Waals surface area (Å²) in [6.45, 7) is 5.97. The van der Waals surface area contributed by atoms with Crippen molar-refractivity contribution in [1.29, 1.82) is 0 Å². The van der Waals surface area contributed by atoms with Gasteiger partial charge in [0, 0.05) is 6.54 Å². The van der Waals surface area contributed by atoms with Crippen LogP contribution in [-0.2, 0) is 4.84 Å². The molecule has 0 heterocycles. The molecule has 114 valence electrons. The topological polar surface area (TPSA) is 52.9 Å². The van der Waals surface area contributed by atoms with Gasteiger partial charge in [-0.2, -0.15) is 5.06 Å². The summed E-state index contributed by atoms with van der Waals surface area (Å²) in [5.41, 5.74) is 0.0333. The SMILES string of the molecule is CC(C)(C)ON(CCO)CC(O)c1ccc(Br)c(F)c1. The van der Waals surface area contributed by atoms with Crippen molar-refractivity contribution in [1.82, 2.24) is 5.06 Å². The van der Waals surface area contributed by atoms with E-state index < -0.39 is 17.5 Å². The van der Waals surface area contributed by atoms with Crippen LogP contribution in [0.2, 0.25) is 0 Å². The minimum atomic E-state index is -0.897. The van der Waals surface area contributed by atoms with E-state index in [0.717, 1.165) is 0 Å². The lowest BCUT2D eigenvalue weighted by molar-refractivity contribution is -0.240. The van der Waals surface area contributed by atoms with E-state index in [1.165, 1.54) is 11.1 Å². The Morgan fingerprint density at radius 3 is 2.55 bits per heavy atom. The zero-order valence-electron chi connectivity index (χ0n) is 11.9. The molecule has 20 heavy (non-hydrogen) atoms. The number of benzene rings is 1. The maximum atomic E-state index is 13.5. The average Bonchev–Trinajstić information content (AvgIpc) is 2.30. The first-order chi connectivity index (χ1) is 9.23. The van der Waals surface area contributed by atoms with Crippen molar-refractivity contribution in [2.24, 2.45) is 0 Å². The molecular formula is C14H21BrFNO3. The molecule has 1 aromatic carbocycles. The van der Waals surface area contributed by atoms with Crippen molar-refractivity contribution in [3.05, 3.63) is 34.1 Å². The van der Waals surface area contributed by atoms with E-state index in [1.807, 2.05) is 20.8 Å². The van der Waals surface area contributed by atoms with Crippen LogP contribution in [0.5, 0.6) is 0 Å². The summed E-state index contributed by atoms with van der Waals surface area (Å²) >= 11 is 3.07. The summed E-state index contributed by atoms with van der Waals surface area (Å²) in [6.07, 6.45) is -0.897. The maximum absolute atomic E-state index is 13.5. The number of hydrogen-bond donors (Lipinski definition) is 2. The van der Waals surface area contributed by atoms with Gasteiger partial charge in [0.25, 0.3) is 0 Å². The van der Waals surface area contributed by atoms with Crippen molar-refractivity contribution in [3.8, 4) is 0 Å². The Bertz CT molecular complexity index is 437. The first-order valence-corrected chi connectivity index (χ1v) is 7.20. The number of hydrogen-bond acceptors (Lipinski definition) is 4. The van der Waals surface area contributed by atoms with E-state index in [2.05, 4.69) is 15.9 Å². The van der Waals surface area contributed by atoms with Gasteiger partial charge in [0.1, 0.15) is 5.82 Å². The molecule has 0 bridgehead atoms. The molecule has 1 unspecified atom stereocenters. The van der Waals surface area contributed by atoms with Gasteiger partial charge in [-0.3, -0.25) is 4.84 Å². The van der Waals surface area contributed by atoms with E-state index in [0.29, 0.717) is 10.0 Å². The van der Waals surface area contributed by atoms with Gasteiger partial charge in [-0.15, -0.1) is 0 Å². The highest BCUT2D eigenvalue weighted by atomic mass is 79.9. The summed E-state index contributed by atoms with van der Waals surface area (Å²) in [5, 5.41) is 20.7. The molecule has 0 aliphatic rings. The Kier molecular flexibility index (Phi) is 6.54. The van der Waals surface area contributed by atoms with Gasteiger partial charge in [0.2, 0.25) is 0 Å². The quantitative estimate of drug-likeness (QED) is 0.775. The molecule has 1 rings (SSSR count). The van der Waals surface area contributed by atoms with Crippen LogP contribution in [0.1, 0.15) is 32.4 Å². The van der Waals surface area contributed by atoms with E-state index >= 15 is 0 Å². The van der Waals surface area contributed by atoms with Crippen LogP contribution in [-0.4, -0.2) is 40.6 Å². The van der Waals surface area contributed by atoms with Gasteiger partial charge in [-0.25, -0.2) is 4.39 Å². The molecule has 0 aromatic heterocycles. The molecule has 2 N–H and O–H groups in total. The van der Waals surface area contributed by atoms with Gasteiger partial charge in [-0.1, -0.05) is 6.07 Å². The summed E-state index contributed by atoms with van der Waals surface area (Å²) in [6, 6.07) is 4.48. The lowest BCUT2D eigenvalue weighted by Crippen LogP contribution is -2.38. The van der Waals surface area contributed by atoms with Crippen LogP contribution < -0.4 is 0 Å². The van der Waals surface area contributed by atoms with Gasteiger partial charge >= 0.3 is 0 Å². The van der Waals surface area contributed by atoms with E-state index in [9.17, 15) is 9.50 Å². The molecule has 0 aliphatic heterocycles. The van der Waals surface area contributed by atoms with Gasteiger partial charge in [0.05, 0.1) is 29.3 Å². The molecule has 0 radical (unpaired) electrons. The van der Waals surface area contributed by atoms with Crippen LogP contribution in [0.4, 0.5) is 4.39 Å². The Morgan fingerprint density at radius 2 is 2.05 bits per heavy atom. The standard InChI is InChI=1S/C14H21BrFNO3/c1-14(2,3)20-17(6-7-18)9-13(19)10-4-5-11(15)12(16)8-10/h4-5,8,13,18-19H,6-7,9H2,1-3H3. The Morgan fingerprint density at radius 1 is 1.40 bits per heavy atom. The predicted octanol–water partition coefficient (Wildman–Crippen LogP) is 2.65. The molecule has 1 atom stereocenters. The van der Waals surface area contributed by atoms with Crippen LogP contribution >= 0.6 is 15.9 Å². The predicted molar refractivity (Wildman–Crippen MR) is 78.6 cm³/mol. The fourth-order valence-electron chi connectivity index (χ4n) is 1.69. The summed E-state index contributed by atoms with van der Waals surface area (Å²) < 4.78 is 13.8. The number of nitrogens with zero attached hydrogens (tertiary/aromatic N) is 1. The monoisotopic (exact) mass is 349 g/mol.